The molecule has 1 saturated heterocycles. The van der Waals surface area contributed by atoms with Crippen LogP contribution in [0.15, 0.2) is 11.6 Å². The number of hydrogen-bond donors (Lipinski definition) is 0. The lowest BCUT2D eigenvalue weighted by atomic mass is 10.4. The molecule has 0 N–H and O–H groups in total. The third-order valence-corrected chi connectivity index (χ3v) is 4.73. The van der Waals surface area contributed by atoms with Gasteiger partial charge in [-0.25, -0.2) is 9.24 Å². The van der Waals surface area contributed by atoms with Gasteiger partial charge in [0.05, 0.1) is 13.2 Å². The number of hydrogen-bond acceptors (Lipinski definition) is 3. The van der Waals surface area contributed by atoms with Gasteiger partial charge < -0.3 is 0 Å². The minimum Gasteiger partial charge on any atom is -0.297 e. The van der Waals surface area contributed by atoms with Crippen molar-refractivity contribution in [1.29, 1.82) is 0 Å². The normalized spacial score (nSPS) is 20.4. The number of halogens is 1. The van der Waals surface area contributed by atoms with Crippen molar-refractivity contribution in [3.63, 3.8) is 0 Å². The first-order valence-electron chi connectivity index (χ1n) is 6.06. The zero-order valence-electron chi connectivity index (χ0n) is 10.4. The van der Waals surface area contributed by atoms with Crippen LogP contribution in [0.5, 0.6) is 0 Å². The Morgan fingerprint density at radius 1 is 1.41 bits per heavy atom. The van der Waals surface area contributed by atoms with Crippen molar-refractivity contribution in [2.24, 2.45) is 0 Å². The Kier molecular flexibility index (Phi) is 6.75. The quantitative estimate of drug-likeness (QED) is 0.501. The van der Waals surface area contributed by atoms with E-state index in [0.717, 1.165) is 38.8 Å². The summed E-state index contributed by atoms with van der Waals surface area (Å²) in [5, 5.41) is 0.337. The third-order valence-electron chi connectivity index (χ3n) is 2.57. The molecule has 0 radical (unpaired) electrons. The highest BCUT2D eigenvalue weighted by Crippen LogP contribution is 2.53. The number of nitrogens with zero attached hydrogens (tertiary/aromatic N) is 1. The van der Waals surface area contributed by atoms with E-state index in [2.05, 4.69) is 13.5 Å². The van der Waals surface area contributed by atoms with Crippen molar-refractivity contribution >= 4 is 19.3 Å². The summed E-state index contributed by atoms with van der Waals surface area (Å²) in [7, 11) is -3.16. The van der Waals surface area contributed by atoms with Crippen LogP contribution in [-0.4, -0.2) is 31.0 Å². The lowest BCUT2D eigenvalue weighted by molar-refractivity contribution is 0.173. The summed E-state index contributed by atoms with van der Waals surface area (Å²) in [4.78, 5) is 0. The molecule has 0 aromatic heterocycles. The fourth-order valence-electron chi connectivity index (χ4n) is 1.62. The van der Waals surface area contributed by atoms with Gasteiger partial charge in [-0.1, -0.05) is 31.5 Å². The Balaban J connectivity index is 2.55. The van der Waals surface area contributed by atoms with Gasteiger partial charge in [-0.05, 0) is 19.3 Å². The maximum atomic E-state index is 12.6. The van der Waals surface area contributed by atoms with Gasteiger partial charge in [0.25, 0.3) is 0 Å². The predicted octanol–water partition coefficient (Wildman–Crippen LogP) is 3.78. The summed E-state index contributed by atoms with van der Waals surface area (Å²) in [6.07, 6.45) is 3.95. The van der Waals surface area contributed by atoms with Crippen molar-refractivity contribution < 1.29 is 13.6 Å². The second-order valence-electron chi connectivity index (χ2n) is 4.11. The molecule has 17 heavy (non-hydrogen) atoms. The second-order valence-corrected chi connectivity index (χ2v) is 6.66. The van der Waals surface area contributed by atoms with Crippen LogP contribution >= 0.6 is 19.3 Å². The van der Waals surface area contributed by atoms with Gasteiger partial charge in [0.1, 0.15) is 0 Å². The average molecular weight is 282 g/mol. The van der Waals surface area contributed by atoms with Crippen LogP contribution in [0.2, 0.25) is 0 Å². The summed E-state index contributed by atoms with van der Waals surface area (Å²) in [5.41, 5.74) is 0. The molecule has 1 aliphatic rings. The molecule has 1 atom stereocenters. The summed E-state index contributed by atoms with van der Waals surface area (Å²) in [5.74, 6) is 0. The summed E-state index contributed by atoms with van der Waals surface area (Å²) < 4.78 is 25.2. The first-order chi connectivity index (χ1) is 8.08. The van der Waals surface area contributed by atoms with Crippen LogP contribution in [0.3, 0.4) is 0 Å². The van der Waals surface area contributed by atoms with Gasteiger partial charge in [-0.15, -0.1) is 0 Å². The molecular weight excluding hydrogens is 261 g/mol. The molecule has 1 aliphatic heterocycles. The van der Waals surface area contributed by atoms with Crippen LogP contribution in [0.4, 0.5) is 0 Å². The molecule has 0 spiro atoms. The molecule has 0 aromatic carbocycles. The van der Waals surface area contributed by atoms with Gasteiger partial charge >= 0.3 is 7.75 Å². The van der Waals surface area contributed by atoms with E-state index in [4.69, 9.17) is 20.6 Å². The van der Waals surface area contributed by atoms with E-state index < -0.39 is 7.75 Å². The Labute approximate surface area is 109 Å². The average Bonchev–Trinajstić information content (AvgIpc) is 2.81. The molecule has 1 rings (SSSR count). The third kappa shape index (κ3) is 5.11. The van der Waals surface area contributed by atoms with E-state index in [1.54, 1.807) is 4.67 Å². The topological polar surface area (TPSA) is 38.8 Å². The molecular formula is C11H21ClNO3P. The van der Waals surface area contributed by atoms with Crippen LogP contribution in [-0.2, 0) is 13.6 Å². The molecule has 1 unspecified atom stereocenters. The van der Waals surface area contributed by atoms with Crippen molar-refractivity contribution in [2.45, 2.75) is 32.6 Å². The lowest BCUT2D eigenvalue weighted by Crippen LogP contribution is -2.20. The molecule has 0 amide bonds. The first kappa shape index (κ1) is 15.2. The van der Waals surface area contributed by atoms with Gasteiger partial charge in [0.15, 0.2) is 0 Å². The van der Waals surface area contributed by atoms with Crippen molar-refractivity contribution in [3.05, 3.63) is 11.6 Å². The van der Waals surface area contributed by atoms with Crippen molar-refractivity contribution in [1.82, 2.24) is 4.67 Å². The van der Waals surface area contributed by atoms with E-state index in [0.29, 0.717) is 11.6 Å². The zero-order chi connectivity index (χ0) is 12.7. The van der Waals surface area contributed by atoms with E-state index in [1.807, 2.05) is 0 Å². The molecule has 0 aromatic rings. The summed E-state index contributed by atoms with van der Waals surface area (Å²) >= 11 is 5.64. The van der Waals surface area contributed by atoms with Crippen LogP contribution in [0.25, 0.3) is 0 Å². The Morgan fingerprint density at radius 2 is 2.06 bits per heavy atom. The highest BCUT2D eigenvalue weighted by atomic mass is 35.5. The number of unbranched alkanes of at least 4 members (excludes halogenated alkanes) is 1. The molecule has 1 heterocycles. The van der Waals surface area contributed by atoms with Gasteiger partial charge in [-0.3, -0.25) is 9.05 Å². The van der Waals surface area contributed by atoms with Crippen molar-refractivity contribution in [2.75, 3.05) is 26.3 Å². The summed E-state index contributed by atoms with van der Waals surface area (Å²) in [6.45, 7) is 7.64. The molecule has 0 bridgehead atoms. The zero-order valence-corrected chi connectivity index (χ0v) is 12.0. The SMILES string of the molecule is C=C(Cl)COP(=O)(OCCCC)N1CCCC1. The van der Waals surface area contributed by atoms with Gasteiger partial charge in [0, 0.05) is 18.1 Å². The maximum Gasteiger partial charge on any atom is 0.408 e. The van der Waals surface area contributed by atoms with E-state index in [9.17, 15) is 4.57 Å². The fraction of sp³-hybridized carbons (Fsp3) is 0.818. The molecule has 0 aliphatic carbocycles. The molecule has 6 heteroatoms. The number of rotatable bonds is 8. The van der Waals surface area contributed by atoms with E-state index in [-0.39, 0.29) is 6.61 Å². The Bertz CT molecular complexity index is 292. The highest BCUT2D eigenvalue weighted by molar-refractivity contribution is 7.51. The monoisotopic (exact) mass is 281 g/mol. The van der Waals surface area contributed by atoms with E-state index >= 15 is 0 Å². The smallest absolute Gasteiger partial charge is 0.297 e. The van der Waals surface area contributed by atoms with Gasteiger partial charge in [-0.2, -0.15) is 0 Å². The minimum atomic E-state index is -3.16. The predicted molar refractivity (Wildman–Crippen MR) is 70.2 cm³/mol. The standard InChI is InChI=1S/C11H21ClNO3P/c1-3-4-9-15-17(14,16-10-11(2)12)13-7-5-6-8-13/h2-10H2,1H3. The van der Waals surface area contributed by atoms with E-state index in [1.165, 1.54) is 0 Å². The lowest BCUT2D eigenvalue weighted by Gasteiger charge is -2.26. The van der Waals surface area contributed by atoms with Crippen LogP contribution in [0, 0.1) is 0 Å². The second kappa shape index (κ2) is 7.55. The van der Waals surface area contributed by atoms with Gasteiger partial charge in [0.2, 0.25) is 0 Å². The Morgan fingerprint density at radius 3 is 2.59 bits per heavy atom. The van der Waals surface area contributed by atoms with Crippen molar-refractivity contribution in [3.8, 4) is 0 Å². The molecule has 100 valence electrons. The highest BCUT2D eigenvalue weighted by Gasteiger charge is 2.35. The first-order valence-corrected chi connectivity index (χ1v) is 7.93. The minimum absolute atomic E-state index is 0.0709. The summed E-state index contributed by atoms with van der Waals surface area (Å²) in [6, 6.07) is 0. The maximum absolute atomic E-state index is 12.6. The largest absolute Gasteiger partial charge is 0.408 e. The molecule has 1 fully saturated rings. The molecule has 0 saturated carbocycles. The fourth-order valence-corrected chi connectivity index (χ4v) is 3.61. The van der Waals surface area contributed by atoms with Crippen LogP contribution < -0.4 is 0 Å². The van der Waals surface area contributed by atoms with Crippen LogP contribution in [0.1, 0.15) is 32.6 Å². The Hall–Kier alpha value is 0.140. The molecule has 4 nitrogen and oxygen atoms in total.